The molecular weight excluding hydrogens is 392 g/mol. The predicted octanol–water partition coefficient (Wildman–Crippen LogP) is 4.00. The molecule has 1 unspecified atom stereocenters. The first-order valence-corrected chi connectivity index (χ1v) is 10.4. The summed E-state index contributed by atoms with van der Waals surface area (Å²) in [6.07, 6.45) is 1.20. The number of para-hydroxylation sites is 1. The van der Waals surface area contributed by atoms with E-state index in [-0.39, 0.29) is 5.91 Å². The van der Waals surface area contributed by atoms with E-state index in [1.165, 1.54) is 0 Å². The SMILES string of the molecule is CC(OC(=O)c1cc(C2CC2)nn1-c1ccccc1)C(=O)Nc1ccc(N(C)C)cc1. The number of carbonyl (C=O) groups is 2. The smallest absolute Gasteiger partial charge is 0.357 e. The Morgan fingerprint density at radius 1 is 1.10 bits per heavy atom. The van der Waals surface area contributed by atoms with Gasteiger partial charge in [0.05, 0.1) is 11.4 Å². The van der Waals surface area contributed by atoms with Gasteiger partial charge in [0.2, 0.25) is 0 Å². The lowest BCUT2D eigenvalue weighted by Crippen LogP contribution is -2.30. The predicted molar refractivity (Wildman–Crippen MR) is 120 cm³/mol. The molecule has 1 heterocycles. The van der Waals surface area contributed by atoms with Gasteiger partial charge in [-0.1, -0.05) is 18.2 Å². The van der Waals surface area contributed by atoms with E-state index in [0.717, 1.165) is 29.9 Å². The van der Waals surface area contributed by atoms with Gasteiger partial charge in [-0.15, -0.1) is 0 Å². The molecular formula is C24H26N4O3. The van der Waals surface area contributed by atoms with Crippen LogP contribution in [0.1, 0.15) is 41.9 Å². The molecule has 1 aromatic heterocycles. The second-order valence-electron chi connectivity index (χ2n) is 7.95. The minimum atomic E-state index is -0.954. The number of amides is 1. The van der Waals surface area contributed by atoms with Crippen LogP contribution in [0.25, 0.3) is 5.69 Å². The molecule has 0 aliphatic heterocycles. The van der Waals surface area contributed by atoms with Crippen LogP contribution in [0.4, 0.5) is 11.4 Å². The van der Waals surface area contributed by atoms with Crippen LogP contribution in [0, 0.1) is 0 Å². The van der Waals surface area contributed by atoms with E-state index in [4.69, 9.17) is 4.74 Å². The van der Waals surface area contributed by atoms with E-state index >= 15 is 0 Å². The van der Waals surface area contributed by atoms with Gasteiger partial charge in [-0.2, -0.15) is 5.10 Å². The number of esters is 1. The number of anilines is 2. The van der Waals surface area contributed by atoms with Gasteiger partial charge in [0.15, 0.2) is 11.8 Å². The van der Waals surface area contributed by atoms with Crippen molar-refractivity contribution in [3.63, 3.8) is 0 Å². The van der Waals surface area contributed by atoms with Crippen molar-refractivity contribution in [1.29, 1.82) is 0 Å². The lowest BCUT2D eigenvalue weighted by molar-refractivity contribution is -0.123. The summed E-state index contributed by atoms with van der Waals surface area (Å²) in [6.45, 7) is 1.56. The average molecular weight is 418 g/mol. The Balaban J connectivity index is 1.46. The number of aromatic nitrogens is 2. The Hall–Kier alpha value is -3.61. The highest BCUT2D eigenvalue weighted by molar-refractivity contribution is 5.97. The van der Waals surface area contributed by atoms with Crippen LogP contribution in [0.2, 0.25) is 0 Å². The van der Waals surface area contributed by atoms with E-state index in [1.54, 1.807) is 17.7 Å². The molecule has 1 aliphatic carbocycles. The summed E-state index contributed by atoms with van der Waals surface area (Å²) in [4.78, 5) is 27.4. The molecule has 1 N–H and O–H groups in total. The Kier molecular flexibility index (Phi) is 5.75. The van der Waals surface area contributed by atoms with E-state index in [2.05, 4.69) is 10.4 Å². The highest BCUT2D eigenvalue weighted by Crippen LogP contribution is 2.39. The number of ether oxygens (including phenoxy) is 1. The maximum atomic E-state index is 12.9. The van der Waals surface area contributed by atoms with Crippen molar-refractivity contribution in [2.24, 2.45) is 0 Å². The lowest BCUT2D eigenvalue weighted by Gasteiger charge is -2.15. The van der Waals surface area contributed by atoms with E-state index < -0.39 is 12.1 Å². The molecule has 4 rings (SSSR count). The molecule has 31 heavy (non-hydrogen) atoms. The quantitative estimate of drug-likeness (QED) is 0.587. The van der Waals surface area contributed by atoms with Crippen molar-refractivity contribution < 1.29 is 14.3 Å². The summed E-state index contributed by atoms with van der Waals surface area (Å²) in [5.74, 6) is -0.574. The van der Waals surface area contributed by atoms with Crippen LogP contribution in [0.3, 0.4) is 0 Å². The van der Waals surface area contributed by atoms with Gasteiger partial charge in [-0.25, -0.2) is 9.48 Å². The molecule has 0 bridgehead atoms. The number of nitrogens with one attached hydrogen (secondary N) is 1. The van der Waals surface area contributed by atoms with Crippen LogP contribution < -0.4 is 10.2 Å². The van der Waals surface area contributed by atoms with Gasteiger partial charge in [0, 0.05) is 31.4 Å². The average Bonchev–Trinajstić information content (AvgIpc) is 3.52. The summed E-state index contributed by atoms with van der Waals surface area (Å²) < 4.78 is 7.09. The summed E-state index contributed by atoms with van der Waals surface area (Å²) in [7, 11) is 3.90. The van der Waals surface area contributed by atoms with Crippen LogP contribution in [-0.4, -0.2) is 41.9 Å². The second-order valence-corrected chi connectivity index (χ2v) is 7.95. The number of benzene rings is 2. The highest BCUT2D eigenvalue weighted by Gasteiger charge is 2.30. The molecule has 1 saturated carbocycles. The van der Waals surface area contributed by atoms with Crippen molar-refractivity contribution >= 4 is 23.3 Å². The number of carbonyl (C=O) groups excluding carboxylic acids is 2. The van der Waals surface area contributed by atoms with Gasteiger partial charge in [0.25, 0.3) is 5.91 Å². The molecule has 0 spiro atoms. The minimum absolute atomic E-state index is 0.322. The topological polar surface area (TPSA) is 76.5 Å². The maximum Gasteiger partial charge on any atom is 0.357 e. The van der Waals surface area contributed by atoms with Crippen molar-refractivity contribution in [3.05, 3.63) is 72.1 Å². The summed E-state index contributed by atoms with van der Waals surface area (Å²) in [5, 5.41) is 7.40. The Labute approximate surface area is 181 Å². The number of nitrogens with zero attached hydrogens (tertiary/aromatic N) is 3. The van der Waals surface area contributed by atoms with Crippen molar-refractivity contribution in [3.8, 4) is 5.69 Å². The molecule has 7 heteroatoms. The van der Waals surface area contributed by atoms with Crippen molar-refractivity contribution in [1.82, 2.24) is 9.78 Å². The molecule has 160 valence electrons. The van der Waals surface area contributed by atoms with Gasteiger partial charge in [-0.3, -0.25) is 4.79 Å². The zero-order valence-electron chi connectivity index (χ0n) is 17.9. The molecule has 2 aromatic carbocycles. The largest absolute Gasteiger partial charge is 0.448 e. The van der Waals surface area contributed by atoms with Crippen molar-refractivity contribution in [2.75, 3.05) is 24.3 Å². The second kappa shape index (κ2) is 8.63. The summed E-state index contributed by atoms with van der Waals surface area (Å²) in [5.41, 5.74) is 3.65. The van der Waals surface area contributed by atoms with E-state index in [1.807, 2.05) is 73.6 Å². The zero-order chi connectivity index (χ0) is 22.0. The first-order valence-electron chi connectivity index (χ1n) is 10.4. The maximum absolute atomic E-state index is 12.9. The standard InChI is InChI=1S/C24H26N4O3/c1-16(23(29)25-18-11-13-19(14-12-18)27(2)3)31-24(30)22-15-21(17-9-10-17)26-28(22)20-7-5-4-6-8-20/h4-8,11-17H,9-10H2,1-3H3,(H,25,29). The fourth-order valence-corrected chi connectivity index (χ4v) is 3.25. The Morgan fingerprint density at radius 3 is 2.39 bits per heavy atom. The summed E-state index contributed by atoms with van der Waals surface area (Å²) >= 11 is 0. The van der Waals surface area contributed by atoms with E-state index in [0.29, 0.717) is 17.3 Å². The monoisotopic (exact) mass is 418 g/mol. The molecule has 0 saturated heterocycles. The van der Waals surface area contributed by atoms with E-state index in [9.17, 15) is 9.59 Å². The third-order valence-corrected chi connectivity index (χ3v) is 5.24. The van der Waals surface area contributed by atoms with Crippen LogP contribution in [0.15, 0.2) is 60.7 Å². The Morgan fingerprint density at radius 2 is 1.77 bits per heavy atom. The molecule has 1 atom stereocenters. The number of hydrogen-bond acceptors (Lipinski definition) is 5. The molecule has 0 radical (unpaired) electrons. The number of hydrogen-bond donors (Lipinski definition) is 1. The Bertz CT molecular complexity index is 1070. The van der Waals surface area contributed by atoms with Crippen molar-refractivity contribution in [2.45, 2.75) is 31.8 Å². The molecule has 7 nitrogen and oxygen atoms in total. The highest BCUT2D eigenvalue weighted by atomic mass is 16.5. The van der Waals surface area contributed by atoms with Gasteiger partial charge in [0.1, 0.15) is 0 Å². The first-order chi connectivity index (χ1) is 14.9. The first kappa shape index (κ1) is 20.7. The molecule has 1 aliphatic rings. The van der Waals surface area contributed by atoms with Crippen LogP contribution in [0.5, 0.6) is 0 Å². The fourth-order valence-electron chi connectivity index (χ4n) is 3.25. The number of rotatable bonds is 7. The molecule has 3 aromatic rings. The molecule has 1 fully saturated rings. The third-order valence-electron chi connectivity index (χ3n) is 5.24. The zero-order valence-corrected chi connectivity index (χ0v) is 17.9. The molecule has 1 amide bonds. The minimum Gasteiger partial charge on any atom is -0.448 e. The van der Waals surface area contributed by atoms with Crippen LogP contribution >= 0.6 is 0 Å². The lowest BCUT2D eigenvalue weighted by atomic mass is 10.2. The van der Waals surface area contributed by atoms with Gasteiger partial charge in [-0.05, 0) is 62.2 Å². The third kappa shape index (κ3) is 4.77. The fraction of sp³-hybridized carbons (Fsp3) is 0.292. The van der Waals surface area contributed by atoms with Gasteiger partial charge < -0.3 is 15.0 Å². The van der Waals surface area contributed by atoms with Gasteiger partial charge >= 0.3 is 5.97 Å². The normalized spacial score (nSPS) is 14.0. The summed E-state index contributed by atoms with van der Waals surface area (Å²) in [6, 6.07) is 18.7. The van der Waals surface area contributed by atoms with Crippen LogP contribution in [-0.2, 0) is 9.53 Å².